The van der Waals surface area contributed by atoms with Gasteiger partial charge in [0.2, 0.25) is 0 Å². The SMILES string of the molecule is CCc1ccc(-c2csc3ncnc(Nc4ccc(C)c(Br)c4)c23)cc1. The van der Waals surface area contributed by atoms with Gasteiger partial charge < -0.3 is 5.32 Å². The summed E-state index contributed by atoms with van der Waals surface area (Å²) in [5.41, 5.74) is 5.90. The van der Waals surface area contributed by atoms with E-state index in [2.05, 4.69) is 92.9 Å². The summed E-state index contributed by atoms with van der Waals surface area (Å²) >= 11 is 5.24. The van der Waals surface area contributed by atoms with Gasteiger partial charge in [-0.25, -0.2) is 9.97 Å². The van der Waals surface area contributed by atoms with Gasteiger partial charge >= 0.3 is 0 Å². The van der Waals surface area contributed by atoms with Crippen molar-refractivity contribution < 1.29 is 0 Å². The first-order valence-corrected chi connectivity index (χ1v) is 10.2. The zero-order valence-corrected chi connectivity index (χ0v) is 17.0. The minimum absolute atomic E-state index is 0.835. The van der Waals surface area contributed by atoms with E-state index >= 15 is 0 Å². The van der Waals surface area contributed by atoms with Gasteiger partial charge in [0.1, 0.15) is 17.0 Å². The van der Waals surface area contributed by atoms with E-state index in [9.17, 15) is 0 Å². The van der Waals surface area contributed by atoms with Crippen LogP contribution in [0, 0.1) is 6.92 Å². The van der Waals surface area contributed by atoms with E-state index in [1.807, 2.05) is 0 Å². The van der Waals surface area contributed by atoms with E-state index in [0.717, 1.165) is 32.6 Å². The summed E-state index contributed by atoms with van der Waals surface area (Å²) in [6.45, 7) is 4.25. The number of hydrogen-bond donors (Lipinski definition) is 1. The standard InChI is InChI=1S/C21H18BrN3S/c1-3-14-5-7-15(8-6-14)17-11-26-21-19(17)20(23-12-24-21)25-16-9-4-13(2)18(22)10-16/h4-12H,3H2,1-2H3,(H,23,24,25). The lowest BCUT2D eigenvalue weighted by Crippen LogP contribution is -1.96. The molecule has 0 saturated carbocycles. The summed E-state index contributed by atoms with van der Waals surface area (Å²) in [5, 5.41) is 6.69. The molecule has 4 aromatic rings. The normalized spacial score (nSPS) is 11.0. The first-order valence-electron chi connectivity index (χ1n) is 8.50. The summed E-state index contributed by atoms with van der Waals surface area (Å²) in [6.07, 6.45) is 2.66. The van der Waals surface area contributed by atoms with Crippen molar-refractivity contribution in [2.75, 3.05) is 5.32 Å². The molecule has 0 amide bonds. The molecule has 2 aromatic carbocycles. The van der Waals surface area contributed by atoms with Crippen LogP contribution >= 0.6 is 27.3 Å². The molecule has 0 aliphatic carbocycles. The molecule has 0 unspecified atom stereocenters. The Morgan fingerprint density at radius 3 is 2.62 bits per heavy atom. The third-order valence-electron chi connectivity index (χ3n) is 4.48. The molecule has 0 saturated heterocycles. The molecule has 0 atom stereocenters. The number of hydrogen-bond acceptors (Lipinski definition) is 4. The predicted octanol–water partition coefficient (Wildman–Crippen LogP) is 6.74. The van der Waals surface area contributed by atoms with E-state index in [1.54, 1.807) is 17.7 Å². The Morgan fingerprint density at radius 2 is 1.88 bits per heavy atom. The minimum Gasteiger partial charge on any atom is -0.340 e. The van der Waals surface area contributed by atoms with Crippen molar-refractivity contribution in [3.05, 3.63) is 69.8 Å². The highest BCUT2D eigenvalue weighted by atomic mass is 79.9. The lowest BCUT2D eigenvalue weighted by atomic mass is 10.0. The first-order chi connectivity index (χ1) is 12.7. The Bertz CT molecular complexity index is 1070. The molecule has 130 valence electrons. The van der Waals surface area contributed by atoms with Crippen LogP contribution in [0.3, 0.4) is 0 Å². The van der Waals surface area contributed by atoms with Crippen LogP contribution in [-0.2, 0) is 6.42 Å². The molecule has 26 heavy (non-hydrogen) atoms. The second-order valence-electron chi connectivity index (χ2n) is 6.19. The number of rotatable bonds is 4. The molecule has 2 heterocycles. The van der Waals surface area contributed by atoms with E-state index in [4.69, 9.17) is 0 Å². The molecule has 1 N–H and O–H groups in total. The molecule has 2 aromatic heterocycles. The number of halogens is 1. The van der Waals surface area contributed by atoms with Gasteiger partial charge in [-0.2, -0.15) is 0 Å². The minimum atomic E-state index is 0.835. The molecule has 0 radical (unpaired) electrons. The number of aryl methyl sites for hydroxylation is 2. The average Bonchev–Trinajstić information content (AvgIpc) is 3.10. The fraction of sp³-hybridized carbons (Fsp3) is 0.143. The van der Waals surface area contributed by atoms with E-state index in [-0.39, 0.29) is 0 Å². The maximum Gasteiger partial charge on any atom is 0.143 e. The Labute approximate surface area is 165 Å². The molecule has 0 aliphatic rings. The van der Waals surface area contributed by atoms with Gasteiger partial charge in [-0.1, -0.05) is 53.2 Å². The fourth-order valence-corrected chi connectivity index (χ4v) is 4.20. The van der Waals surface area contributed by atoms with Crippen LogP contribution in [0.1, 0.15) is 18.1 Å². The molecule has 3 nitrogen and oxygen atoms in total. The second kappa shape index (κ2) is 7.17. The van der Waals surface area contributed by atoms with Gasteiger partial charge in [0.05, 0.1) is 5.39 Å². The lowest BCUT2D eigenvalue weighted by Gasteiger charge is -2.10. The largest absolute Gasteiger partial charge is 0.340 e. The van der Waals surface area contributed by atoms with Crippen molar-refractivity contribution in [1.82, 2.24) is 9.97 Å². The van der Waals surface area contributed by atoms with Gasteiger partial charge in [-0.3, -0.25) is 0 Å². The summed E-state index contributed by atoms with van der Waals surface area (Å²) in [5.74, 6) is 0.835. The number of aromatic nitrogens is 2. The molecule has 0 aliphatic heterocycles. The van der Waals surface area contributed by atoms with Crippen LogP contribution in [-0.4, -0.2) is 9.97 Å². The van der Waals surface area contributed by atoms with Crippen molar-refractivity contribution in [1.29, 1.82) is 0 Å². The summed E-state index contributed by atoms with van der Waals surface area (Å²) in [6, 6.07) is 15.0. The van der Waals surface area contributed by atoms with Crippen molar-refractivity contribution in [2.45, 2.75) is 20.3 Å². The fourth-order valence-electron chi connectivity index (χ4n) is 2.91. The summed E-state index contributed by atoms with van der Waals surface area (Å²) in [7, 11) is 0. The molecular formula is C21H18BrN3S. The van der Waals surface area contributed by atoms with Crippen LogP contribution in [0.15, 0.2) is 58.6 Å². The first kappa shape index (κ1) is 17.2. The highest BCUT2D eigenvalue weighted by Crippen LogP contribution is 2.37. The van der Waals surface area contributed by atoms with E-state index in [1.165, 1.54) is 22.3 Å². The lowest BCUT2D eigenvalue weighted by molar-refractivity contribution is 1.14. The molecular weight excluding hydrogens is 406 g/mol. The smallest absolute Gasteiger partial charge is 0.143 e. The maximum atomic E-state index is 4.52. The number of nitrogens with one attached hydrogen (secondary N) is 1. The number of anilines is 2. The van der Waals surface area contributed by atoms with Crippen molar-refractivity contribution in [2.24, 2.45) is 0 Å². The number of benzene rings is 2. The summed E-state index contributed by atoms with van der Waals surface area (Å²) < 4.78 is 1.08. The zero-order chi connectivity index (χ0) is 18.1. The third kappa shape index (κ3) is 3.24. The van der Waals surface area contributed by atoms with Crippen LogP contribution in [0.5, 0.6) is 0 Å². The van der Waals surface area contributed by atoms with Crippen molar-refractivity contribution in [3.8, 4) is 11.1 Å². The molecule has 4 rings (SSSR count). The van der Waals surface area contributed by atoms with Gasteiger partial charge in [-0.15, -0.1) is 11.3 Å². The van der Waals surface area contributed by atoms with Gasteiger partial charge in [0.25, 0.3) is 0 Å². The molecule has 0 fully saturated rings. The van der Waals surface area contributed by atoms with Gasteiger partial charge in [0.15, 0.2) is 0 Å². The third-order valence-corrected chi connectivity index (χ3v) is 6.22. The predicted molar refractivity (Wildman–Crippen MR) is 114 cm³/mol. The van der Waals surface area contributed by atoms with E-state index < -0.39 is 0 Å². The quantitative estimate of drug-likeness (QED) is 0.395. The number of nitrogens with zero attached hydrogens (tertiary/aromatic N) is 2. The van der Waals surface area contributed by atoms with Crippen molar-refractivity contribution in [3.63, 3.8) is 0 Å². The molecule has 0 spiro atoms. The maximum absolute atomic E-state index is 4.52. The molecule has 0 bridgehead atoms. The van der Waals surface area contributed by atoms with Gasteiger partial charge in [-0.05, 0) is 42.2 Å². The van der Waals surface area contributed by atoms with Crippen LogP contribution in [0.25, 0.3) is 21.3 Å². The van der Waals surface area contributed by atoms with Crippen LogP contribution < -0.4 is 5.32 Å². The van der Waals surface area contributed by atoms with Gasteiger partial charge in [0, 0.05) is 21.1 Å². The van der Waals surface area contributed by atoms with Crippen LogP contribution in [0.4, 0.5) is 11.5 Å². The van der Waals surface area contributed by atoms with Crippen LogP contribution in [0.2, 0.25) is 0 Å². The Kier molecular flexibility index (Phi) is 4.74. The van der Waals surface area contributed by atoms with E-state index in [0.29, 0.717) is 0 Å². The Hall–Kier alpha value is -2.24. The topological polar surface area (TPSA) is 37.8 Å². The number of thiophene rings is 1. The molecule has 5 heteroatoms. The monoisotopic (exact) mass is 423 g/mol. The Balaban J connectivity index is 1.79. The Morgan fingerprint density at radius 1 is 1.08 bits per heavy atom. The number of fused-ring (bicyclic) bond motifs is 1. The average molecular weight is 424 g/mol. The van der Waals surface area contributed by atoms with Crippen molar-refractivity contribution >= 4 is 49.0 Å². The highest BCUT2D eigenvalue weighted by molar-refractivity contribution is 9.10. The second-order valence-corrected chi connectivity index (χ2v) is 7.90. The highest BCUT2D eigenvalue weighted by Gasteiger charge is 2.13. The zero-order valence-electron chi connectivity index (χ0n) is 14.6. The summed E-state index contributed by atoms with van der Waals surface area (Å²) in [4.78, 5) is 9.96.